The summed E-state index contributed by atoms with van der Waals surface area (Å²) in [5.74, 6) is -0.599. The smallest absolute Gasteiger partial charge is 0.314 e. The maximum atomic E-state index is 13.0. The van der Waals surface area contributed by atoms with E-state index in [1.54, 1.807) is 26.2 Å². The van der Waals surface area contributed by atoms with Gasteiger partial charge in [0.25, 0.3) is 0 Å². The van der Waals surface area contributed by atoms with Crippen LogP contribution in [0.1, 0.15) is 18.1 Å². The SMILES string of the molecule is COc1ccc(CC(C)(C(=O)O)c2ccc(F)cc2)cc1. The van der Waals surface area contributed by atoms with E-state index < -0.39 is 11.4 Å². The lowest BCUT2D eigenvalue weighted by Gasteiger charge is -2.25. The van der Waals surface area contributed by atoms with Crippen molar-refractivity contribution in [3.8, 4) is 5.75 Å². The molecule has 3 nitrogen and oxygen atoms in total. The summed E-state index contributed by atoms with van der Waals surface area (Å²) >= 11 is 0. The van der Waals surface area contributed by atoms with Crippen LogP contribution < -0.4 is 4.74 Å². The Morgan fingerprint density at radius 1 is 1.14 bits per heavy atom. The van der Waals surface area contributed by atoms with Crippen molar-refractivity contribution < 1.29 is 19.0 Å². The van der Waals surface area contributed by atoms with Gasteiger partial charge in [0.1, 0.15) is 11.6 Å². The van der Waals surface area contributed by atoms with Crippen molar-refractivity contribution in [2.45, 2.75) is 18.8 Å². The predicted octanol–water partition coefficient (Wildman–Crippen LogP) is 3.42. The largest absolute Gasteiger partial charge is 0.497 e. The van der Waals surface area contributed by atoms with Crippen LogP contribution in [0.4, 0.5) is 4.39 Å². The van der Waals surface area contributed by atoms with Gasteiger partial charge in [-0.25, -0.2) is 4.39 Å². The van der Waals surface area contributed by atoms with E-state index in [0.717, 1.165) is 11.3 Å². The molecule has 0 saturated heterocycles. The molecule has 0 spiro atoms. The average molecular weight is 288 g/mol. The number of rotatable bonds is 5. The van der Waals surface area contributed by atoms with Gasteiger partial charge in [-0.1, -0.05) is 24.3 Å². The summed E-state index contributed by atoms with van der Waals surface area (Å²) < 4.78 is 18.1. The zero-order valence-corrected chi connectivity index (χ0v) is 12.0. The number of carbonyl (C=O) groups is 1. The first-order valence-corrected chi connectivity index (χ1v) is 6.58. The fraction of sp³-hybridized carbons (Fsp3) is 0.235. The molecule has 0 fully saturated rings. The molecule has 0 aliphatic heterocycles. The van der Waals surface area contributed by atoms with Gasteiger partial charge in [0.05, 0.1) is 12.5 Å². The van der Waals surface area contributed by atoms with Gasteiger partial charge in [0.2, 0.25) is 0 Å². The molecule has 4 heteroatoms. The summed E-state index contributed by atoms with van der Waals surface area (Å²) in [5.41, 5.74) is 0.347. The standard InChI is InChI=1S/C17H17FO3/c1-17(16(19)20,13-5-7-14(18)8-6-13)11-12-3-9-15(21-2)10-4-12/h3-10H,11H2,1-2H3,(H,19,20). The monoisotopic (exact) mass is 288 g/mol. The van der Waals surface area contributed by atoms with Crippen molar-refractivity contribution in [1.29, 1.82) is 0 Å². The minimum Gasteiger partial charge on any atom is -0.497 e. The lowest BCUT2D eigenvalue weighted by molar-refractivity contribution is -0.143. The van der Waals surface area contributed by atoms with E-state index in [-0.39, 0.29) is 5.82 Å². The Morgan fingerprint density at radius 3 is 2.19 bits per heavy atom. The van der Waals surface area contributed by atoms with Crippen LogP contribution in [0.15, 0.2) is 48.5 Å². The van der Waals surface area contributed by atoms with Crippen LogP contribution in [0, 0.1) is 5.82 Å². The van der Waals surface area contributed by atoms with E-state index in [4.69, 9.17) is 4.74 Å². The summed E-state index contributed by atoms with van der Waals surface area (Å²) in [6, 6.07) is 12.9. The van der Waals surface area contributed by atoms with Crippen molar-refractivity contribution in [3.63, 3.8) is 0 Å². The number of hydrogen-bond donors (Lipinski definition) is 1. The molecule has 0 aliphatic carbocycles. The fourth-order valence-electron chi connectivity index (χ4n) is 2.27. The van der Waals surface area contributed by atoms with Crippen LogP contribution in [-0.2, 0) is 16.6 Å². The number of methoxy groups -OCH3 is 1. The Labute approximate surface area is 123 Å². The van der Waals surface area contributed by atoms with Crippen molar-refractivity contribution in [2.75, 3.05) is 7.11 Å². The molecule has 110 valence electrons. The van der Waals surface area contributed by atoms with Crippen LogP contribution in [0.25, 0.3) is 0 Å². The first-order chi connectivity index (χ1) is 9.95. The van der Waals surface area contributed by atoms with Gasteiger partial charge >= 0.3 is 5.97 Å². The number of benzene rings is 2. The molecular weight excluding hydrogens is 271 g/mol. The number of carboxylic acid groups (broad SMARTS) is 1. The lowest BCUT2D eigenvalue weighted by atomic mass is 9.77. The molecule has 2 aromatic carbocycles. The quantitative estimate of drug-likeness (QED) is 0.917. The Hall–Kier alpha value is -2.36. The number of halogens is 1. The summed E-state index contributed by atoms with van der Waals surface area (Å²) in [4.78, 5) is 11.7. The molecule has 0 bridgehead atoms. The Balaban J connectivity index is 2.33. The van der Waals surface area contributed by atoms with Crippen molar-refractivity contribution >= 4 is 5.97 Å². The zero-order valence-electron chi connectivity index (χ0n) is 12.0. The number of hydrogen-bond acceptors (Lipinski definition) is 2. The minimum absolute atomic E-state index is 0.317. The van der Waals surface area contributed by atoms with Crippen LogP contribution in [0.3, 0.4) is 0 Å². The predicted molar refractivity (Wildman–Crippen MR) is 78.1 cm³/mol. The summed E-state index contributed by atoms with van der Waals surface area (Å²) in [7, 11) is 1.58. The highest BCUT2D eigenvalue weighted by Crippen LogP contribution is 2.29. The van der Waals surface area contributed by atoms with Gasteiger partial charge in [-0.2, -0.15) is 0 Å². The maximum absolute atomic E-state index is 13.0. The molecule has 2 aromatic rings. The molecule has 2 rings (SSSR count). The zero-order chi connectivity index (χ0) is 15.5. The number of aliphatic carboxylic acids is 1. The second-order valence-electron chi connectivity index (χ2n) is 5.17. The highest BCUT2D eigenvalue weighted by Gasteiger charge is 2.35. The first kappa shape index (κ1) is 15.0. The molecule has 0 heterocycles. The van der Waals surface area contributed by atoms with E-state index in [1.165, 1.54) is 24.3 Å². The van der Waals surface area contributed by atoms with Crippen LogP contribution in [0.2, 0.25) is 0 Å². The normalized spacial score (nSPS) is 13.5. The molecule has 0 amide bonds. The van der Waals surface area contributed by atoms with Crippen LogP contribution in [0.5, 0.6) is 5.75 Å². The summed E-state index contributed by atoms with van der Waals surface area (Å²) in [5, 5.41) is 9.60. The first-order valence-electron chi connectivity index (χ1n) is 6.58. The van der Waals surface area contributed by atoms with Crippen LogP contribution >= 0.6 is 0 Å². The number of ether oxygens (including phenoxy) is 1. The van der Waals surface area contributed by atoms with Gasteiger partial charge in [-0.3, -0.25) is 4.79 Å². The molecule has 0 radical (unpaired) electrons. The third-order valence-electron chi connectivity index (χ3n) is 3.67. The molecule has 1 atom stereocenters. The highest BCUT2D eigenvalue weighted by molar-refractivity contribution is 5.81. The van der Waals surface area contributed by atoms with Crippen molar-refractivity contribution in [2.24, 2.45) is 0 Å². The molecule has 1 unspecified atom stereocenters. The second-order valence-corrected chi connectivity index (χ2v) is 5.17. The molecule has 0 aromatic heterocycles. The molecular formula is C17H17FO3. The fourth-order valence-corrected chi connectivity index (χ4v) is 2.27. The van der Waals surface area contributed by atoms with E-state index in [1.807, 2.05) is 12.1 Å². The Morgan fingerprint density at radius 2 is 1.71 bits per heavy atom. The van der Waals surface area contributed by atoms with Crippen molar-refractivity contribution in [1.82, 2.24) is 0 Å². The van der Waals surface area contributed by atoms with Gasteiger partial charge < -0.3 is 9.84 Å². The van der Waals surface area contributed by atoms with Gasteiger partial charge in [-0.05, 0) is 48.7 Å². The Bertz CT molecular complexity index is 619. The topological polar surface area (TPSA) is 46.5 Å². The maximum Gasteiger partial charge on any atom is 0.314 e. The summed E-state index contributed by atoms with van der Waals surface area (Å²) in [6.45, 7) is 1.65. The third kappa shape index (κ3) is 3.21. The molecule has 0 aliphatic rings. The van der Waals surface area contributed by atoms with E-state index in [0.29, 0.717) is 12.0 Å². The Kier molecular flexibility index (Phi) is 4.26. The van der Waals surface area contributed by atoms with E-state index in [2.05, 4.69) is 0 Å². The molecule has 0 saturated carbocycles. The van der Waals surface area contributed by atoms with Crippen molar-refractivity contribution in [3.05, 3.63) is 65.5 Å². The highest BCUT2D eigenvalue weighted by atomic mass is 19.1. The molecule has 1 N–H and O–H groups in total. The van der Waals surface area contributed by atoms with Gasteiger partial charge in [0, 0.05) is 0 Å². The lowest BCUT2D eigenvalue weighted by Crippen LogP contribution is -2.34. The van der Waals surface area contributed by atoms with Gasteiger partial charge in [-0.15, -0.1) is 0 Å². The van der Waals surface area contributed by atoms with Gasteiger partial charge in [0.15, 0.2) is 0 Å². The number of carboxylic acids is 1. The van der Waals surface area contributed by atoms with Crippen LogP contribution in [-0.4, -0.2) is 18.2 Å². The minimum atomic E-state index is -1.11. The third-order valence-corrected chi connectivity index (χ3v) is 3.67. The van der Waals surface area contributed by atoms with E-state index >= 15 is 0 Å². The van der Waals surface area contributed by atoms with E-state index in [9.17, 15) is 14.3 Å². The average Bonchev–Trinajstić information content (AvgIpc) is 2.48. The molecule has 21 heavy (non-hydrogen) atoms. The second kappa shape index (κ2) is 5.95. The summed E-state index contributed by atoms with van der Waals surface area (Å²) in [6.07, 6.45) is 0.317.